The maximum absolute atomic E-state index is 12.2. The van der Waals surface area contributed by atoms with Gasteiger partial charge in [0.15, 0.2) is 0 Å². The molecule has 0 spiro atoms. The molecule has 0 aliphatic rings. The van der Waals surface area contributed by atoms with E-state index in [-0.39, 0.29) is 24.8 Å². The van der Waals surface area contributed by atoms with Crippen LogP contribution < -0.4 is 10.1 Å². The van der Waals surface area contributed by atoms with Crippen molar-refractivity contribution in [1.29, 1.82) is 0 Å². The van der Waals surface area contributed by atoms with E-state index in [0.29, 0.717) is 6.42 Å². The molecule has 2 aromatic rings. The van der Waals surface area contributed by atoms with Crippen molar-refractivity contribution in [2.45, 2.75) is 32.2 Å². The number of aliphatic carboxylic acids is 1. The molecule has 1 amide bonds. The summed E-state index contributed by atoms with van der Waals surface area (Å²) in [6, 6.07) is 11.4. The van der Waals surface area contributed by atoms with Crippen molar-refractivity contribution in [3.8, 4) is 5.75 Å². The number of hydrogen-bond donors (Lipinski definition) is 2. The topological polar surface area (TPSA) is 75.6 Å². The van der Waals surface area contributed by atoms with Crippen LogP contribution in [-0.4, -0.2) is 30.1 Å². The van der Waals surface area contributed by atoms with Gasteiger partial charge in [-0.05, 0) is 41.8 Å². The first-order valence-electron chi connectivity index (χ1n) is 7.56. The molecule has 2 rings (SSSR count). The molecule has 0 fully saturated rings. The number of carboxylic acids is 1. The Morgan fingerprint density at radius 1 is 1.26 bits per heavy atom. The Hall–Kier alpha value is -2.56. The summed E-state index contributed by atoms with van der Waals surface area (Å²) >= 11 is 0. The predicted octanol–water partition coefficient (Wildman–Crippen LogP) is 2.76. The Bertz CT molecular complexity index is 711. The van der Waals surface area contributed by atoms with E-state index in [9.17, 15) is 9.59 Å². The number of ether oxygens (including phenoxy) is 1. The standard InChI is InChI=1S/C18H21NO4/c1-12(6-9-18(21)22)19-17(20)10-14-5-3-4-13-7-8-15(23-2)11-16(13)14/h3-5,7-8,11-12H,6,9-10H2,1-2H3,(H,19,20)(H,21,22). The summed E-state index contributed by atoms with van der Waals surface area (Å²) in [5.74, 6) is -0.217. The van der Waals surface area contributed by atoms with Gasteiger partial charge < -0.3 is 15.2 Å². The Morgan fingerprint density at radius 3 is 2.74 bits per heavy atom. The van der Waals surface area contributed by atoms with Crippen molar-refractivity contribution >= 4 is 22.6 Å². The lowest BCUT2D eigenvalue weighted by atomic mass is 10.0. The van der Waals surface area contributed by atoms with Crippen molar-refractivity contribution in [2.24, 2.45) is 0 Å². The van der Waals surface area contributed by atoms with E-state index in [2.05, 4.69) is 5.32 Å². The zero-order valence-electron chi connectivity index (χ0n) is 13.3. The third-order valence-corrected chi connectivity index (χ3v) is 3.73. The highest BCUT2D eigenvalue weighted by molar-refractivity contribution is 5.91. The van der Waals surface area contributed by atoms with E-state index >= 15 is 0 Å². The molecular formula is C18H21NO4. The maximum atomic E-state index is 12.2. The fourth-order valence-electron chi connectivity index (χ4n) is 2.51. The highest BCUT2D eigenvalue weighted by Gasteiger charge is 2.11. The van der Waals surface area contributed by atoms with Crippen molar-refractivity contribution in [1.82, 2.24) is 5.32 Å². The number of carboxylic acid groups (broad SMARTS) is 1. The summed E-state index contributed by atoms with van der Waals surface area (Å²) in [6.07, 6.45) is 0.721. The van der Waals surface area contributed by atoms with Crippen molar-refractivity contribution in [2.75, 3.05) is 7.11 Å². The Morgan fingerprint density at radius 2 is 2.04 bits per heavy atom. The van der Waals surface area contributed by atoms with Crippen LogP contribution in [0.25, 0.3) is 10.8 Å². The lowest BCUT2D eigenvalue weighted by molar-refractivity contribution is -0.137. The van der Waals surface area contributed by atoms with Crippen molar-refractivity contribution in [3.63, 3.8) is 0 Å². The smallest absolute Gasteiger partial charge is 0.303 e. The van der Waals surface area contributed by atoms with Gasteiger partial charge in [0.05, 0.1) is 13.5 Å². The molecule has 0 saturated heterocycles. The molecule has 0 saturated carbocycles. The number of nitrogens with one attached hydrogen (secondary N) is 1. The second kappa shape index (κ2) is 7.63. The van der Waals surface area contributed by atoms with Crippen LogP contribution >= 0.6 is 0 Å². The van der Waals surface area contributed by atoms with Gasteiger partial charge in [0.2, 0.25) is 5.91 Å². The summed E-state index contributed by atoms with van der Waals surface area (Å²) < 4.78 is 5.25. The van der Waals surface area contributed by atoms with Gasteiger partial charge in [0, 0.05) is 12.5 Å². The molecule has 0 radical (unpaired) electrons. The second-order valence-corrected chi connectivity index (χ2v) is 5.58. The van der Waals surface area contributed by atoms with E-state index in [1.165, 1.54) is 0 Å². The molecule has 0 aliphatic carbocycles. The van der Waals surface area contributed by atoms with Gasteiger partial charge in [-0.25, -0.2) is 0 Å². The number of carbonyl (C=O) groups excluding carboxylic acids is 1. The van der Waals surface area contributed by atoms with E-state index in [0.717, 1.165) is 22.1 Å². The van der Waals surface area contributed by atoms with Crippen LogP contribution in [0.5, 0.6) is 5.75 Å². The zero-order chi connectivity index (χ0) is 16.8. The van der Waals surface area contributed by atoms with E-state index in [1.807, 2.05) is 43.3 Å². The third kappa shape index (κ3) is 4.71. The maximum Gasteiger partial charge on any atom is 0.303 e. The minimum atomic E-state index is -0.854. The van der Waals surface area contributed by atoms with E-state index < -0.39 is 5.97 Å². The van der Waals surface area contributed by atoms with Gasteiger partial charge in [-0.1, -0.05) is 24.3 Å². The van der Waals surface area contributed by atoms with Crippen LogP contribution in [0.2, 0.25) is 0 Å². The van der Waals surface area contributed by atoms with E-state index in [4.69, 9.17) is 9.84 Å². The zero-order valence-corrected chi connectivity index (χ0v) is 13.3. The average Bonchev–Trinajstić information content (AvgIpc) is 2.52. The molecule has 122 valence electrons. The molecule has 2 aromatic carbocycles. The Balaban J connectivity index is 2.08. The number of rotatable bonds is 7. The molecule has 1 unspecified atom stereocenters. The molecule has 1 atom stereocenters. The quantitative estimate of drug-likeness (QED) is 0.824. The van der Waals surface area contributed by atoms with Gasteiger partial charge in [0.1, 0.15) is 5.75 Å². The van der Waals surface area contributed by atoms with E-state index in [1.54, 1.807) is 7.11 Å². The largest absolute Gasteiger partial charge is 0.497 e. The summed E-state index contributed by atoms with van der Waals surface area (Å²) in [7, 11) is 1.61. The minimum Gasteiger partial charge on any atom is -0.497 e. The monoisotopic (exact) mass is 315 g/mol. The molecule has 23 heavy (non-hydrogen) atoms. The fourth-order valence-corrected chi connectivity index (χ4v) is 2.51. The van der Waals surface area contributed by atoms with Crippen molar-refractivity contribution in [3.05, 3.63) is 42.0 Å². The summed E-state index contributed by atoms with van der Waals surface area (Å²) in [4.78, 5) is 22.7. The van der Waals surface area contributed by atoms with Crippen LogP contribution in [-0.2, 0) is 16.0 Å². The number of methoxy groups -OCH3 is 1. The first kappa shape index (κ1) is 16.8. The second-order valence-electron chi connectivity index (χ2n) is 5.58. The third-order valence-electron chi connectivity index (χ3n) is 3.73. The van der Waals surface area contributed by atoms with Crippen LogP contribution in [0.3, 0.4) is 0 Å². The SMILES string of the molecule is COc1ccc2cccc(CC(=O)NC(C)CCC(=O)O)c2c1. The van der Waals surface area contributed by atoms with Gasteiger partial charge in [-0.3, -0.25) is 9.59 Å². The fraction of sp³-hybridized carbons (Fsp3) is 0.333. The van der Waals surface area contributed by atoms with Crippen LogP contribution in [0.15, 0.2) is 36.4 Å². The Kier molecular flexibility index (Phi) is 5.57. The first-order valence-corrected chi connectivity index (χ1v) is 7.56. The number of amides is 1. The highest BCUT2D eigenvalue weighted by atomic mass is 16.5. The normalized spacial score (nSPS) is 11.9. The van der Waals surface area contributed by atoms with Gasteiger partial charge in [-0.2, -0.15) is 0 Å². The summed E-state index contributed by atoms with van der Waals surface area (Å²) in [6.45, 7) is 1.81. The van der Waals surface area contributed by atoms with Crippen LogP contribution in [0.4, 0.5) is 0 Å². The summed E-state index contributed by atoms with van der Waals surface area (Å²) in [5, 5.41) is 13.6. The Labute approximate surface area is 135 Å². The minimum absolute atomic E-state index is 0.0485. The number of benzene rings is 2. The molecule has 2 N–H and O–H groups in total. The summed E-state index contributed by atoms with van der Waals surface area (Å²) in [5.41, 5.74) is 0.921. The molecule has 0 bridgehead atoms. The molecule has 0 heterocycles. The number of fused-ring (bicyclic) bond motifs is 1. The molecular weight excluding hydrogens is 294 g/mol. The highest BCUT2D eigenvalue weighted by Crippen LogP contribution is 2.24. The average molecular weight is 315 g/mol. The van der Waals surface area contributed by atoms with Crippen LogP contribution in [0, 0.1) is 0 Å². The predicted molar refractivity (Wildman–Crippen MR) is 88.7 cm³/mol. The first-order chi connectivity index (χ1) is 11.0. The van der Waals surface area contributed by atoms with Gasteiger partial charge in [-0.15, -0.1) is 0 Å². The molecule has 5 nitrogen and oxygen atoms in total. The molecule has 0 aromatic heterocycles. The lowest BCUT2D eigenvalue weighted by Gasteiger charge is -2.14. The van der Waals surface area contributed by atoms with Gasteiger partial charge >= 0.3 is 5.97 Å². The molecule has 0 aliphatic heterocycles. The van der Waals surface area contributed by atoms with Gasteiger partial charge in [0.25, 0.3) is 0 Å². The number of carbonyl (C=O) groups is 2. The lowest BCUT2D eigenvalue weighted by Crippen LogP contribution is -2.34. The number of hydrogen-bond acceptors (Lipinski definition) is 3. The van der Waals surface area contributed by atoms with Crippen molar-refractivity contribution < 1.29 is 19.4 Å². The molecule has 5 heteroatoms. The van der Waals surface area contributed by atoms with Crippen LogP contribution in [0.1, 0.15) is 25.3 Å².